The molecule has 0 aromatic heterocycles. The van der Waals surface area contributed by atoms with Gasteiger partial charge in [-0.15, -0.1) is 0 Å². The van der Waals surface area contributed by atoms with Crippen LogP contribution < -0.4 is 0 Å². The first-order valence-electron chi connectivity index (χ1n) is 40.2. The molecule has 3 N–H and O–H groups in total. The van der Waals surface area contributed by atoms with Crippen LogP contribution >= 0.6 is 15.6 Å². The summed E-state index contributed by atoms with van der Waals surface area (Å²) >= 11 is 0. The van der Waals surface area contributed by atoms with E-state index in [9.17, 15) is 43.2 Å². The minimum absolute atomic E-state index is 0.105. The first-order chi connectivity index (χ1) is 46.6. The third-order valence-corrected chi connectivity index (χ3v) is 20.3. The van der Waals surface area contributed by atoms with E-state index in [2.05, 4.69) is 55.4 Å². The van der Waals surface area contributed by atoms with Gasteiger partial charge in [-0.2, -0.15) is 0 Å². The minimum atomic E-state index is -4.96. The van der Waals surface area contributed by atoms with Gasteiger partial charge < -0.3 is 33.8 Å². The molecule has 0 spiro atoms. The fourth-order valence-electron chi connectivity index (χ4n) is 11.9. The van der Waals surface area contributed by atoms with Gasteiger partial charge in [0.25, 0.3) is 0 Å². The summed E-state index contributed by atoms with van der Waals surface area (Å²) in [7, 11) is -9.92. The van der Waals surface area contributed by atoms with Crippen molar-refractivity contribution in [2.24, 2.45) is 23.7 Å². The van der Waals surface area contributed by atoms with Crippen LogP contribution in [0.25, 0.3) is 0 Å². The van der Waals surface area contributed by atoms with Crippen molar-refractivity contribution in [1.82, 2.24) is 0 Å². The zero-order valence-electron chi connectivity index (χ0n) is 63.7. The van der Waals surface area contributed by atoms with Crippen LogP contribution in [0.15, 0.2) is 0 Å². The molecule has 19 heteroatoms. The third-order valence-electron chi connectivity index (χ3n) is 18.4. The zero-order valence-corrected chi connectivity index (χ0v) is 65.5. The molecule has 0 aliphatic heterocycles. The standard InChI is InChI=1S/C78H152O17P2/c1-9-71(8)57-49-41-32-26-20-14-10-11-15-21-27-33-42-50-58-75(80)88-64-73(94-77(82)60-52-44-34-28-22-16-12-13-18-24-30-38-46-54-68(2)3)66-92-96(84,85)90-62-72(79)63-91-97(86,87)93-67-74(65-89-76(81)59-51-43-37-36-40-48-56-70(6)7)95-78(83)61-53-45-35-29-23-17-19-25-31-39-47-55-69(4)5/h68-74,79H,9-67H2,1-8H3,(H,84,85)(H,86,87)/t71?,72-,73-,74-/m1/s1. The van der Waals surface area contributed by atoms with Crippen molar-refractivity contribution in [3.8, 4) is 0 Å². The molecule has 576 valence electrons. The van der Waals surface area contributed by atoms with E-state index < -0.39 is 97.5 Å². The highest BCUT2D eigenvalue weighted by molar-refractivity contribution is 7.47. The summed E-state index contributed by atoms with van der Waals surface area (Å²) in [4.78, 5) is 72.9. The quantitative estimate of drug-likeness (QED) is 0.0222. The Morgan fingerprint density at radius 2 is 0.495 bits per heavy atom. The molecule has 0 aromatic carbocycles. The number of phosphoric acid groups is 2. The van der Waals surface area contributed by atoms with Crippen LogP contribution in [0.4, 0.5) is 0 Å². The van der Waals surface area contributed by atoms with Crippen molar-refractivity contribution in [1.29, 1.82) is 0 Å². The van der Waals surface area contributed by atoms with Crippen molar-refractivity contribution in [2.45, 2.75) is 414 Å². The van der Waals surface area contributed by atoms with Gasteiger partial charge in [-0.25, -0.2) is 9.13 Å². The van der Waals surface area contributed by atoms with Gasteiger partial charge >= 0.3 is 39.5 Å². The molecule has 0 bridgehead atoms. The summed E-state index contributed by atoms with van der Waals surface area (Å²) in [6.45, 7) is 14.2. The predicted molar refractivity (Wildman–Crippen MR) is 395 cm³/mol. The number of phosphoric ester groups is 2. The second kappa shape index (κ2) is 67.2. The van der Waals surface area contributed by atoms with Gasteiger partial charge in [0, 0.05) is 25.7 Å². The van der Waals surface area contributed by atoms with Gasteiger partial charge in [-0.05, 0) is 49.4 Å². The number of rotatable bonds is 75. The molecule has 0 heterocycles. The normalized spacial score (nSPS) is 14.4. The number of ether oxygens (including phenoxy) is 4. The largest absolute Gasteiger partial charge is 0.472 e. The minimum Gasteiger partial charge on any atom is -0.462 e. The van der Waals surface area contributed by atoms with E-state index in [0.29, 0.717) is 31.6 Å². The Kier molecular flexibility index (Phi) is 65.9. The number of unbranched alkanes of at least 4 members (excludes halogenated alkanes) is 40. The molecule has 6 atom stereocenters. The molecule has 3 unspecified atom stereocenters. The van der Waals surface area contributed by atoms with E-state index in [4.69, 9.17) is 37.0 Å². The van der Waals surface area contributed by atoms with E-state index in [1.807, 2.05) is 0 Å². The first-order valence-corrected chi connectivity index (χ1v) is 43.2. The topological polar surface area (TPSA) is 237 Å². The van der Waals surface area contributed by atoms with Crippen LogP contribution in [0.1, 0.15) is 396 Å². The molecule has 0 saturated heterocycles. The van der Waals surface area contributed by atoms with Crippen LogP contribution in [0.3, 0.4) is 0 Å². The van der Waals surface area contributed by atoms with Crippen molar-refractivity contribution in [3.05, 3.63) is 0 Å². The van der Waals surface area contributed by atoms with Gasteiger partial charge in [0.2, 0.25) is 0 Å². The average Bonchev–Trinajstić information content (AvgIpc) is 1.24. The highest BCUT2D eigenvalue weighted by Crippen LogP contribution is 2.45. The van der Waals surface area contributed by atoms with Gasteiger partial charge in [-0.3, -0.25) is 37.3 Å². The highest BCUT2D eigenvalue weighted by atomic mass is 31.2. The molecule has 0 aliphatic rings. The second-order valence-electron chi connectivity index (χ2n) is 29.8. The number of aliphatic hydroxyl groups is 1. The average molecular weight is 1420 g/mol. The predicted octanol–water partition coefficient (Wildman–Crippen LogP) is 22.8. The van der Waals surface area contributed by atoms with Crippen LogP contribution in [-0.2, 0) is 65.4 Å². The molecule has 0 aromatic rings. The maximum Gasteiger partial charge on any atom is 0.472 e. The molecule has 0 aliphatic carbocycles. The highest BCUT2D eigenvalue weighted by Gasteiger charge is 2.30. The lowest BCUT2D eigenvalue weighted by Gasteiger charge is -2.21. The van der Waals surface area contributed by atoms with Gasteiger partial charge in [0.15, 0.2) is 12.2 Å². The lowest BCUT2D eigenvalue weighted by molar-refractivity contribution is -0.161. The third kappa shape index (κ3) is 70.9. The number of hydrogen-bond donors (Lipinski definition) is 3. The van der Waals surface area contributed by atoms with E-state index in [0.717, 1.165) is 114 Å². The van der Waals surface area contributed by atoms with E-state index in [-0.39, 0.29) is 25.7 Å². The maximum absolute atomic E-state index is 13.1. The molecular formula is C78H152O17P2. The van der Waals surface area contributed by atoms with Crippen LogP contribution in [0.2, 0.25) is 0 Å². The first kappa shape index (κ1) is 95.1. The van der Waals surface area contributed by atoms with Gasteiger partial charge in [-0.1, -0.05) is 344 Å². The number of esters is 4. The van der Waals surface area contributed by atoms with Gasteiger partial charge in [0.05, 0.1) is 26.4 Å². The SMILES string of the molecule is CCC(C)CCCCCCCCCCCCCCCCC(=O)OC[C@H](COP(=O)(O)OC[C@@H](O)COP(=O)(O)OC[C@@H](COC(=O)CCCCCCCCC(C)C)OC(=O)CCCCCCCCCCCCCC(C)C)OC(=O)CCCCCCCCCCCCCCCC(C)C. The summed E-state index contributed by atoms with van der Waals surface area (Å²) in [5.41, 5.74) is 0. The fourth-order valence-corrected chi connectivity index (χ4v) is 13.5. The summed E-state index contributed by atoms with van der Waals surface area (Å²) < 4.78 is 68.6. The van der Waals surface area contributed by atoms with Gasteiger partial charge in [0.1, 0.15) is 19.3 Å². The Bertz CT molecular complexity index is 1900. The Labute approximate surface area is 594 Å². The Hall–Kier alpha value is -1.94. The smallest absolute Gasteiger partial charge is 0.462 e. The molecule has 0 rings (SSSR count). The molecule has 17 nitrogen and oxygen atoms in total. The fraction of sp³-hybridized carbons (Fsp3) is 0.949. The molecule has 0 saturated carbocycles. The van der Waals surface area contributed by atoms with Crippen LogP contribution in [0.5, 0.6) is 0 Å². The zero-order chi connectivity index (χ0) is 71.7. The second-order valence-corrected chi connectivity index (χ2v) is 32.7. The molecule has 0 amide bonds. The van der Waals surface area contributed by atoms with Crippen molar-refractivity contribution >= 4 is 39.5 Å². The lowest BCUT2D eigenvalue weighted by Crippen LogP contribution is -2.30. The monoisotopic (exact) mass is 1420 g/mol. The number of aliphatic hydroxyl groups excluding tert-OH is 1. The molecular weight excluding hydrogens is 1270 g/mol. The summed E-state index contributed by atoms with van der Waals surface area (Å²) in [5, 5.41) is 10.6. The number of carbonyl (C=O) groups excluding carboxylic acids is 4. The summed E-state index contributed by atoms with van der Waals surface area (Å²) in [6, 6.07) is 0. The Morgan fingerprint density at radius 3 is 0.732 bits per heavy atom. The van der Waals surface area contributed by atoms with Crippen molar-refractivity contribution in [3.63, 3.8) is 0 Å². The van der Waals surface area contributed by atoms with E-state index >= 15 is 0 Å². The molecule has 0 fully saturated rings. The maximum atomic E-state index is 13.1. The molecule has 0 radical (unpaired) electrons. The van der Waals surface area contributed by atoms with Crippen molar-refractivity contribution < 1.29 is 80.2 Å². The van der Waals surface area contributed by atoms with Crippen LogP contribution in [0, 0.1) is 23.7 Å². The Balaban J connectivity index is 5.24. The number of carbonyl (C=O) groups is 4. The van der Waals surface area contributed by atoms with Crippen molar-refractivity contribution in [2.75, 3.05) is 39.6 Å². The van der Waals surface area contributed by atoms with E-state index in [1.54, 1.807) is 0 Å². The Morgan fingerprint density at radius 1 is 0.289 bits per heavy atom. The number of hydrogen-bond acceptors (Lipinski definition) is 15. The molecule has 97 heavy (non-hydrogen) atoms. The lowest BCUT2D eigenvalue weighted by atomic mass is 9.99. The summed E-state index contributed by atoms with van der Waals surface area (Å²) in [6.07, 6.45) is 52.8. The van der Waals surface area contributed by atoms with Crippen LogP contribution in [-0.4, -0.2) is 96.7 Å². The van der Waals surface area contributed by atoms with E-state index in [1.165, 1.54) is 193 Å². The summed E-state index contributed by atoms with van der Waals surface area (Å²) in [5.74, 6) is 0.962.